The van der Waals surface area contributed by atoms with Gasteiger partial charge in [0.2, 0.25) is 5.91 Å². The molecular formula is C18H28ClNO3. The number of unbranched alkanes of at least 4 members (excludes halogenated alkanes) is 2. The molecule has 1 aromatic rings. The summed E-state index contributed by atoms with van der Waals surface area (Å²) < 4.78 is 10.8. The van der Waals surface area contributed by atoms with E-state index < -0.39 is 0 Å². The standard InChI is InChI=1S/C18H28ClNO3/c1-5-6-7-10-15(19)16(20-13(2)21)12-14-9-8-11-17(22-3)18(14)23-4/h8-9,11,15-16H,5-7,10,12H2,1-4H3,(H,20,21). The van der Waals surface area contributed by atoms with Crippen molar-refractivity contribution < 1.29 is 14.3 Å². The van der Waals surface area contributed by atoms with Gasteiger partial charge in [-0.1, -0.05) is 38.3 Å². The van der Waals surface area contributed by atoms with Crippen LogP contribution >= 0.6 is 11.6 Å². The van der Waals surface area contributed by atoms with Crippen LogP contribution < -0.4 is 14.8 Å². The Hall–Kier alpha value is -1.42. The summed E-state index contributed by atoms with van der Waals surface area (Å²) in [5.41, 5.74) is 0.978. The first-order chi connectivity index (χ1) is 11.0. The summed E-state index contributed by atoms with van der Waals surface area (Å²) in [5, 5.41) is 2.87. The summed E-state index contributed by atoms with van der Waals surface area (Å²) in [6.07, 6.45) is 4.86. The molecule has 0 aliphatic rings. The molecule has 23 heavy (non-hydrogen) atoms. The fraction of sp³-hybridized carbons (Fsp3) is 0.611. The lowest BCUT2D eigenvalue weighted by Gasteiger charge is -2.24. The number of alkyl halides is 1. The second-order valence-electron chi connectivity index (χ2n) is 5.68. The van der Waals surface area contributed by atoms with Crippen molar-refractivity contribution in [1.29, 1.82) is 0 Å². The van der Waals surface area contributed by atoms with Gasteiger partial charge in [-0.3, -0.25) is 4.79 Å². The van der Waals surface area contributed by atoms with E-state index in [1.807, 2.05) is 18.2 Å². The van der Waals surface area contributed by atoms with Crippen LogP contribution in [0.3, 0.4) is 0 Å². The largest absolute Gasteiger partial charge is 0.493 e. The Balaban J connectivity index is 2.90. The maximum atomic E-state index is 11.5. The molecule has 1 N–H and O–H groups in total. The van der Waals surface area contributed by atoms with Crippen molar-refractivity contribution in [2.45, 2.75) is 57.4 Å². The van der Waals surface area contributed by atoms with Gasteiger partial charge in [0.25, 0.3) is 0 Å². The van der Waals surface area contributed by atoms with Gasteiger partial charge in [-0.2, -0.15) is 0 Å². The van der Waals surface area contributed by atoms with Gasteiger partial charge in [0, 0.05) is 18.5 Å². The molecule has 0 heterocycles. The van der Waals surface area contributed by atoms with Gasteiger partial charge in [-0.15, -0.1) is 11.6 Å². The molecule has 0 spiro atoms. The minimum absolute atomic E-state index is 0.0713. The van der Waals surface area contributed by atoms with Crippen LogP contribution in [0.15, 0.2) is 18.2 Å². The third-order valence-corrected chi connectivity index (χ3v) is 4.36. The second kappa shape index (κ2) is 10.4. The topological polar surface area (TPSA) is 47.6 Å². The normalized spacial score (nSPS) is 13.3. The Kier molecular flexibility index (Phi) is 8.85. The van der Waals surface area contributed by atoms with Crippen molar-refractivity contribution in [3.63, 3.8) is 0 Å². The van der Waals surface area contributed by atoms with Crippen LogP contribution in [0.4, 0.5) is 0 Å². The van der Waals surface area contributed by atoms with E-state index >= 15 is 0 Å². The summed E-state index contributed by atoms with van der Waals surface area (Å²) in [7, 11) is 3.23. The summed E-state index contributed by atoms with van der Waals surface area (Å²) in [6, 6.07) is 5.62. The Morgan fingerprint density at radius 3 is 2.57 bits per heavy atom. The summed E-state index contributed by atoms with van der Waals surface area (Å²) >= 11 is 6.56. The van der Waals surface area contributed by atoms with E-state index in [-0.39, 0.29) is 17.3 Å². The van der Waals surface area contributed by atoms with Crippen LogP contribution in [-0.2, 0) is 11.2 Å². The number of para-hydroxylation sites is 1. The van der Waals surface area contributed by atoms with Gasteiger partial charge in [0.15, 0.2) is 11.5 Å². The quantitative estimate of drug-likeness (QED) is 0.518. The van der Waals surface area contributed by atoms with Crippen LogP contribution in [0.25, 0.3) is 0 Å². The van der Waals surface area contributed by atoms with E-state index in [9.17, 15) is 4.79 Å². The molecule has 0 aromatic heterocycles. The molecule has 130 valence electrons. The molecule has 1 rings (SSSR count). The fourth-order valence-corrected chi connectivity index (χ4v) is 2.98. The zero-order valence-corrected chi connectivity index (χ0v) is 15.3. The smallest absolute Gasteiger partial charge is 0.217 e. The van der Waals surface area contributed by atoms with Crippen LogP contribution in [0.2, 0.25) is 0 Å². The average Bonchev–Trinajstić information content (AvgIpc) is 2.53. The van der Waals surface area contributed by atoms with Crippen molar-refractivity contribution >= 4 is 17.5 Å². The highest BCUT2D eigenvalue weighted by molar-refractivity contribution is 6.21. The molecule has 0 bridgehead atoms. The maximum Gasteiger partial charge on any atom is 0.217 e. The van der Waals surface area contributed by atoms with Crippen LogP contribution in [0, 0.1) is 0 Å². The van der Waals surface area contributed by atoms with Crippen LogP contribution in [0.1, 0.15) is 45.1 Å². The minimum Gasteiger partial charge on any atom is -0.493 e. The first-order valence-electron chi connectivity index (χ1n) is 8.14. The number of rotatable bonds is 10. The van der Waals surface area contributed by atoms with E-state index in [0.29, 0.717) is 17.9 Å². The first kappa shape index (κ1) is 19.6. The number of nitrogens with one attached hydrogen (secondary N) is 1. The van der Waals surface area contributed by atoms with E-state index in [2.05, 4.69) is 12.2 Å². The number of ether oxygens (including phenoxy) is 2. The molecule has 0 saturated carbocycles. The summed E-state index contributed by atoms with van der Waals surface area (Å²) in [6.45, 7) is 3.68. The highest BCUT2D eigenvalue weighted by Gasteiger charge is 2.23. The number of hydrogen-bond acceptors (Lipinski definition) is 3. The number of hydrogen-bond donors (Lipinski definition) is 1. The molecule has 0 fully saturated rings. The molecular weight excluding hydrogens is 314 g/mol. The van der Waals surface area contributed by atoms with E-state index in [0.717, 1.165) is 31.2 Å². The number of carbonyl (C=O) groups is 1. The van der Waals surface area contributed by atoms with Gasteiger partial charge in [-0.05, 0) is 18.9 Å². The Labute approximate surface area is 144 Å². The molecule has 4 nitrogen and oxygen atoms in total. The zero-order valence-electron chi connectivity index (χ0n) is 14.5. The number of amides is 1. The minimum atomic E-state index is -0.132. The number of carbonyl (C=O) groups excluding carboxylic acids is 1. The molecule has 0 aliphatic heterocycles. The number of halogens is 1. The SMILES string of the molecule is CCCCCC(Cl)C(Cc1cccc(OC)c1OC)NC(C)=O. The molecule has 5 heteroatoms. The Morgan fingerprint density at radius 2 is 2.00 bits per heavy atom. The lowest BCUT2D eigenvalue weighted by molar-refractivity contribution is -0.119. The van der Waals surface area contributed by atoms with Crippen molar-refractivity contribution in [3.05, 3.63) is 23.8 Å². The lowest BCUT2D eigenvalue weighted by atomic mass is 9.98. The average molecular weight is 342 g/mol. The van der Waals surface area contributed by atoms with Crippen molar-refractivity contribution in [2.75, 3.05) is 14.2 Å². The van der Waals surface area contributed by atoms with Gasteiger partial charge in [0.1, 0.15) is 0 Å². The predicted molar refractivity (Wildman–Crippen MR) is 94.6 cm³/mol. The second-order valence-corrected chi connectivity index (χ2v) is 6.24. The predicted octanol–water partition coefficient (Wildman–Crippen LogP) is 3.94. The van der Waals surface area contributed by atoms with Gasteiger partial charge < -0.3 is 14.8 Å². The molecule has 0 radical (unpaired) electrons. The van der Waals surface area contributed by atoms with Gasteiger partial charge >= 0.3 is 0 Å². The molecule has 1 amide bonds. The van der Waals surface area contributed by atoms with Crippen molar-refractivity contribution in [3.8, 4) is 11.5 Å². The highest BCUT2D eigenvalue weighted by Crippen LogP contribution is 2.32. The molecule has 0 aliphatic carbocycles. The first-order valence-corrected chi connectivity index (χ1v) is 8.58. The van der Waals surface area contributed by atoms with Gasteiger partial charge in [0.05, 0.1) is 19.6 Å². The fourth-order valence-electron chi connectivity index (χ4n) is 2.67. The lowest BCUT2D eigenvalue weighted by Crippen LogP contribution is -2.41. The Bertz CT molecular complexity index is 493. The summed E-state index contributed by atoms with van der Waals surface area (Å²) in [5.74, 6) is 1.31. The number of methoxy groups -OCH3 is 2. The maximum absolute atomic E-state index is 11.5. The van der Waals surface area contributed by atoms with E-state index in [1.54, 1.807) is 14.2 Å². The molecule has 0 saturated heterocycles. The van der Waals surface area contributed by atoms with Crippen molar-refractivity contribution in [1.82, 2.24) is 5.32 Å². The Morgan fingerprint density at radius 1 is 1.26 bits per heavy atom. The van der Waals surface area contributed by atoms with E-state index in [4.69, 9.17) is 21.1 Å². The summed E-state index contributed by atoms with van der Waals surface area (Å²) in [4.78, 5) is 11.5. The highest BCUT2D eigenvalue weighted by atomic mass is 35.5. The molecule has 1 aromatic carbocycles. The monoisotopic (exact) mass is 341 g/mol. The van der Waals surface area contributed by atoms with Crippen LogP contribution in [-0.4, -0.2) is 31.5 Å². The third kappa shape index (κ3) is 6.30. The van der Waals surface area contributed by atoms with Crippen molar-refractivity contribution in [2.24, 2.45) is 0 Å². The molecule has 2 atom stereocenters. The number of benzene rings is 1. The zero-order chi connectivity index (χ0) is 17.2. The van der Waals surface area contributed by atoms with Gasteiger partial charge in [-0.25, -0.2) is 0 Å². The van der Waals surface area contributed by atoms with Crippen LogP contribution in [0.5, 0.6) is 11.5 Å². The molecule has 2 unspecified atom stereocenters. The third-order valence-electron chi connectivity index (χ3n) is 3.83. The van der Waals surface area contributed by atoms with E-state index in [1.165, 1.54) is 6.92 Å².